The van der Waals surface area contributed by atoms with Crippen LogP contribution in [0.4, 0.5) is 13.2 Å². The summed E-state index contributed by atoms with van der Waals surface area (Å²) < 4.78 is 41.9. The van der Waals surface area contributed by atoms with Crippen molar-refractivity contribution in [2.24, 2.45) is 0 Å². The van der Waals surface area contributed by atoms with Crippen molar-refractivity contribution in [1.29, 1.82) is 0 Å². The highest BCUT2D eigenvalue weighted by molar-refractivity contribution is 5.78. The van der Waals surface area contributed by atoms with Crippen LogP contribution in [0.1, 0.15) is 18.1 Å². The van der Waals surface area contributed by atoms with E-state index in [0.29, 0.717) is 5.56 Å². The molecule has 0 bridgehead atoms. The largest absolute Gasteiger partial charge is 0.467 e. The van der Waals surface area contributed by atoms with E-state index < -0.39 is 23.3 Å². The minimum absolute atomic E-state index is 0.0943. The van der Waals surface area contributed by atoms with E-state index in [1.807, 2.05) is 0 Å². The third-order valence-electron chi connectivity index (χ3n) is 2.68. The number of nitrogens with one attached hydrogen (secondary N) is 1. The molecule has 0 spiro atoms. The van der Waals surface area contributed by atoms with Gasteiger partial charge in [0.15, 0.2) is 5.60 Å². The van der Waals surface area contributed by atoms with Crippen molar-refractivity contribution in [3.63, 3.8) is 0 Å². The smallest absolute Gasteiger partial charge is 0.416 e. The fourth-order valence-electron chi connectivity index (χ4n) is 1.60. The average Bonchev–Trinajstić information content (AvgIpc) is 2.37. The second-order valence-electron chi connectivity index (χ2n) is 4.57. The molecule has 1 rings (SSSR count). The van der Waals surface area contributed by atoms with Crippen molar-refractivity contribution >= 4 is 5.97 Å². The first-order chi connectivity index (χ1) is 9.16. The molecule has 0 aliphatic carbocycles. The molecule has 0 aliphatic heterocycles. The number of esters is 1. The highest BCUT2D eigenvalue weighted by Crippen LogP contribution is 2.29. The van der Waals surface area contributed by atoms with E-state index >= 15 is 0 Å². The highest BCUT2D eigenvalue weighted by atomic mass is 19.4. The summed E-state index contributed by atoms with van der Waals surface area (Å²) in [6, 6.07) is 4.82. The van der Waals surface area contributed by atoms with Crippen molar-refractivity contribution < 1.29 is 27.8 Å². The Morgan fingerprint density at radius 1 is 1.40 bits per heavy atom. The van der Waals surface area contributed by atoms with Gasteiger partial charge in [-0.1, -0.05) is 18.2 Å². The number of aliphatic hydroxyl groups is 1. The van der Waals surface area contributed by atoms with Gasteiger partial charge in [0.2, 0.25) is 0 Å². The summed E-state index contributed by atoms with van der Waals surface area (Å²) in [7, 11) is 1.14. The zero-order valence-corrected chi connectivity index (χ0v) is 11.1. The molecule has 7 heteroatoms. The van der Waals surface area contributed by atoms with Crippen molar-refractivity contribution in [3.8, 4) is 0 Å². The summed E-state index contributed by atoms with van der Waals surface area (Å²) >= 11 is 0. The number of hydrogen-bond acceptors (Lipinski definition) is 4. The molecule has 0 aliphatic rings. The number of hydrogen-bond donors (Lipinski definition) is 2. The summed E-state index contributed by atoms with van der Waals surface area (Å²) in [6.07, 6.45) is -4.40. The summed E-state index contributed by atoms with van der Waals surface area (Å²) in [5.41, 5.74) is -2.06. The molecule has 0 fully saturated rings. The Balaban J connectivity index is 2.61. The molecule has 112 valence electrons. The predicted octanol–water partition coefficient (Wildman–Crippen LogP) is 1.72. The second-order valence-corrected chi connectivity index (χ2v) is 4.57. The van der Waals surface area contributed by atoms with E-state index in [-0.39, 0.29) is 13.1 Å². The molecular weight excluding hydrogens is 275 g/mol. The van der Waals surface area contributed by atoms with E-state index in [1.54, 1.807) is 0 Å². The molecule has 1 aromatic rings. The van der Waals surface area contributed by atoms with Gasteiger partial charge in [0.25, 0.3) is 0 Å². The number of carbonyl (C=O) groups is 1. The number of alkyl halides is 3. The van der Waals surface area contributed by atoms with Crippen molar-refractivity contribution in [1.82, 2.24) is 5.32 Å². The topological polar surface area (TPSA) is 58.6 Å². The summed E-state index contributed by atoms with van der Waals surface area (Å²) in [5.74, 6) is -0.811. The van der Waals surface area contributed by atoms with Crippen molar-refractivity contribution in [2.45, 2.75) is 25.2 Å². The van der Waals surface area contributed by atoms with Gasteiger partial charge in [0.1, 0.15) is 0 Å². The Hall–Kier alpha value is -1.60. The normalized spacial score (nSPS) is 14.7. The lowest BCUT2D eigenvalue weighted by Gasteiger charge is -2.20. The molecule has 1 atom stereocenters. The van der Waals surface area contributed by atoms with Gasteiger partial charge in [-0.05, 0) is 18.6 Å². The van der Waals surface area contributed by atoms with Crippen LogP contribution in [0.3, 0.4) is 0 Å². The van der Waals surface area contributed by atoms with E-state index in [2.05, 4.69) is 10.1 Å². The number of methoxy groups -OCH3 is 1. The quantitative estimate of drug-likeness (QED) is 0.811. The maximum Gasteiger partial charge on any atom is 0.416 e. The van der Waals surface area contributed by atoms with Crippen LogP contribution >= 0.6 is 0 Å². The molecule has 1 aromatic carbocycles. The molecule has 1 unspecified atom stereocenters. The lowest BCUT2D eigenvalue weighted by molar-refractivity contribution is -0.159. The van der Waals surface area contributed by atoms with Crippen LogP contribution in [0.5, 0.6) is 0 Å². The number of halogens is 3. The van der Waals surface area contributed by atoms with Crippen LogP contribution in [-0.4, -0.2) is 30.3 Å². The Labute approximate surface area is 114 Å². The first-order valence-electron chi connectivity index (χ1n) is 5.84. The van der Waals surface area contributed by atoms with Crippen LogP contribution in [0, 0.1) is 0 Å². The molecule has 2 N–H and O–H groups in total. The van der Waals surface area contributed by atoms with E-state index in [1.165, 1.54) is 19.1 Å². The third-order valence-corrected chi connectivity index (χ3v) is 2.68. The number of carbonyl (C=O) groups excluding carboxylic acids is 1. The lowest BCUT2D eigenvalue weighted by Crippen LogP contribution is -2.45. The maximum atomic E-state index is 12.5. The first-order valence-corrected chi connectivity index (χ1v) is 5.84. The van der Waals surface area contributed by atoms with Gasteiger partial charge in [-0.3, -0.25) is 0 Å². The Kier molecular flexibility index (Phi) is 5.13. The van der Waals surface area contributed by atoms with Gasteiger partial charge in [-0.2, -0.15) is 13.2 Å². The van der Waals surface area contributed by atoms with Crippen molar-refractivity contribution in [3.05, 3.63) is 35.4 Å². The minimum Gasteiger partial charge on any atom is -0.467 e. The lowest BCUT2D eigenvalue weighted by atomic mass is 10.1. The van der Waals surface area contributed by atoms with Gasteiger partial charge >= 0.3 is 12.1 Å². The third kappa shape index (κ3) is 4.50. The van der Waals surface area contributed by atoms with Crippen molar-refractivity contribution in [2.75, 3.05) is 13.7 Å². The van der Waals surface area contributed by atoms with E-state index in [9.17, 15) is 23.1 Å². The predicted molar refractivity (Wildman–Crippen MR) is 65.8 cm³/mol. The SMILES string of the molecule is COC(=O)C(C)(O)CNCc1cccc(C(F)(F)F)c1. The fourth-order valence-corrected chi connectivity index (χ4v) is 1.60. The molecule has 0 amide bonds. The van der Waals surface area contributed by atoms with Gasteiger partial charge in [0, 0.05) is 13.1 Å². The zero-order valence-electron chi connectivity index (χ0n) is 11.1. The average molecular weight is 291 g/mol. The van der Waals surface area contributed by atoms with Crippen LogP contribution in [0.15, 0.2) is 24.3 Å². The Morgan fingerprint density at radius 2 is 2.05 bits per heavy atom. The zero-order chi connectivity index (χ0) is 15.4. The maximum absolute atomic E-state index is 12.5. The molecule has 0 radical (unpaired) electrons. The number of rotatable bonds is 5. The molecule has 0 heterocycles. The van der Waals surface area contributed by atoms with Crippen LogP contribution in [0.2, 0.25) is 0 Å². The Morgan fingerprint density at radius 3 is 2.60 bits per heavy atom. The number of benzene rings is 1. The first kappa shape index (κ1) is 16.5. The monoisotopic (exact) mass is 291 g/mol. The number of ether oxygens (including phenoxy) is 1. The summed E-state index contributed by atoms with van der Waals surface area (Å²) in [5, 5.41) is 12.4. The Bertz CT molecular complexity index is 472. The molecule has 0 aromatic heterocycles. The van der Waals surface area contributed by atoms with Gasteiger partial charge in [-0.15, -0.1) is 0 Å². The standard InChI is InChI=1S/C13H16F3NO3/c1-12(19,11(18)20-2)8-17-7-9-4-3-5-10(6-9)13(14,15)16/h3-6,17,19H,7-8H2,1-2H3. The minimum atomic E-state index is -4.40. The van der Waals surface area contributed by atoms with Gasteiger partial charge in [-0.25, -0.2) is 4.79 Å². The van der Waals surface area contributed by atoms with Gasteiger partial charge < -0.3 is 15.2 Å². The van der Waals surface area contributed by atoms with Crippen LogP contribution in [-0.2, 0) is 22.3 Å². The summed E-state index contributed by atoms with van der Waals surface area (Å²) in [4.78, 5) is 11.2. The van der Waals surface area contributed by atoms with Crippen LogP contribution < -0.4 is 5.32 Å². The molecule has 0 saturated heterocycles. The van der Waals surface area contributed by atoms with E-state index in [4.69, 9.17) is 0 Å². The van der Waals surface area contributed by atoms with Crippen LogP contribution in [0.25, 0.3) is 0 Å². The molecule has 20 heavy (non-hydrogen) atoms. The second kappa shape index (κ2) is 6.23. The van der Waals surface area contributed by atoms with Gasteiger partial charge in [0.05, 0.1) is 12.7 Å². The molecular formula is C13H16F3NO3. The fraction of sp³-hybridized carbons (Fsp3) is 0.462. The highest BCUT2D eigenvalue weighted by Gasteiger charge is 2.31. The molecule has 0 saturated carbocycles. The van der Waals surface area contributed by atoms with E-state index in [0.717, 1.165) is 19.2 Å². The molecule has 4 nitrogen and oxygen atoms in total. The summed E-state index contributed by atoms with van der Waals surface area (Å²) in [6.45, 7) is 1.23.